The van der Waals surface area contributed by atoms with Gasteiger partial charge in [0.05, 0.1) is 5.69 Å². The third kappa shape index (κ3) is 3.30. The van der Waals surface area contributed by atoms with Crippen LogP contribution >= 0.6 is 0 Å². The first-order valence-electron chi connectivity index (χ1n) is 7.18. The van der Waals surface area contributed by atoms with Crippen molar-refractivity contribution in [3.63, 3.8) is 0 Å². The van der Waals surface area contributed by atoms with E-state index < -0.39 is 0 Å². The van der Waals surface area contributed by atoms with Crippen LogP contribution in [0.1, 0.15) is 36.5 Å². The SMILES string of the molecule is CCc1nc(NN)c(C)c(NCc2cn(C)nc2CC)n1. The van der Waals surface area contributed by atoms with Gasteiger partial charge in [0, 0.05) is 37.3 Å². The van der Waals surface area contributed by atoms with Crippen molar-refractivity contribution in [1.82, 2.24) is 19.7 Å². The van der Waals surface area contributed by atoms with E-state index in [2.05, 4.69) is 32.7 Å². The number of nitrogens with two attached hydrogens (primary N) is 1. The van der Waals surface area contributed by atoms with Gasteiger partial charge >= 0.3 is 0 Å². The second-order valence-electron chi connectivity index (χ2n) is 4.94. The Morgan fingerprint density at radius 2 is 1.90 bits per heavy atom. The zero-order valence-electron chi connectivity index (χ0n) is 13.1. The summed E-state index contributed by atoms with van der Waals surface area (Å²) in [5.41, 5.74) is 5.82. The second kappa shape index (κ2) is 6.53. The second-order valence-corrected chi connectivity index (χ2v) is 4.94. The van der Waals surface area contributed by atoms with Crippen molar-refractivity contribution in [3.8, 4) is 0 Å². The van der Waals surface area contributed by atoms with Gasteiger partial charge < -0.3 is 10.7 Å². The maximum atomic E-state index is 5.52. The number of anilines is 2. The molecule has 2 aromatic heterocycles. The lowest BCUT2D eigenvalue weighted by molar-refractivity contribution is 0.746. The number of nitrogens with zero attached hydrogens (tertiary/aromatic N) is 4. The fourth-order valence-corrected chi connectivity index (χ4v) is 2.24. The van der Waals surface area contributed by atoms with Crippen molar-refractivity contribution < 1.29 is 0 Å². The van der Waals surface area contributed by atoms with Gasteiger partial charge in [0.25, 0.3) is 0 Å². The number of nitrogens with one attached hydrogen (secondary N) is 2. The van der Waals surface area contributed by atoms with Gasteiger partial charge in [0.1, 0.15) is 17.5 Å². The lowest BCUT2D eigenvalue weighted by atomic mass is 10.2. The molecule has 0 saturated heterocycles. The minimum atomic E-state index is 0.659. The summed E-state index contributed by atoms with van der Waals surface area (Å²) in [4.78, 5) is 8.89. The molecule has 0 saturated carbocycles. The molecule has 0 unspecified atom stereocenters. The molecule has 0 spiro atoms. The van der Waals surface area contributed by atoms with Crippen molar-refractivity contribution in [1.29, 1.82) is 0 Å². The van der Waals surface area contributed by atoms with Crippen molar-refractivity contribution in [2.24, 2.45) is 12.9 Å². The van der Waals surface area contributed by atoms with Crippen molar-refractivity contribution in [2.75, 3.05) is 10.7 Å². The van der Waals surface area contributed by atoms with Crippen LogP contribution < -0.4 is 16.6 Å². The quantitative estimate of drug-likeness (QED) is 0.552. The first kappa shape index (κ1) is 15.2. The fraction of sp³-hybridized carbons (Fsp3) is 0.500. The molecule has 114 valence electrons. The first-order chi connectivity index (χ1) is 10.1. The third-order valence-electron chi connectivity index (χ3n) is 3.42. The lowest BCUT2D eigenvalue weighted by Gasteiger charge is -2.13. The summed E-state index contributed by atoms with van der Waals surface area (Å²) >= 11 is 0. The molecule has 0 bridgehead atoms. The van der Waals surface area contributed by atoms with Crippen LogP contribution in [-0.2, 0) is 26.4 Å². The molecule has 0 aliphatic rings. The average molecular weight is 289 g/mol. The van der Waals surface area contributed by atoms with Crippen LogP contribution in [-0.4, -0.2) is 19.7 Å². The van der Waals surface area contributed by atoms with Crippen molar-refractivity contribution in [3.05, 3.63) is 28.8 Å². The van der Waals surface area contributed by atoms with Crippen molar-refractivity contribution >= 4 is 11.6 Å². The molecule has 7 nitrogen and oxygen atoms in total. The molecule has 0 amide bonds. The van der Waals surface area contributed by atoms with E-state index in [0.717, 1.165) is 35.7 Å². The Bertz CT molecular complexity index is 618. The van der Waals surface area contributed by atoms with E-state index in [9.17, 15) is 0 Å². The number of rotatable bonds is 6. The highest BCUT2D eigenvalue weighted by Crippen LogP contribution is 2.20. The first-order valence-corrected chi connectivity index (χ1v) is 7.18. The van der Waals surface area contributed by atoms with Crippen LogP contribution in [0.25, 0.3) is 0 Å². The highest BCUT2D eigenvalue weighted by atomic mass is 15.3. The Labute approximate surface area is 124 Å². The van der Waals surface area contributed by atoms with E-state index in [1.807, 2.05) is 31.8 Å². The summed E-state index contributed by atoms with van der Waals surface area (Å²) in [5.74, 6) is 7.74. The smallest absolute Gasteiger partial charge is 0.148 e. The van der Waals surface area contributed by atoms with Gasteiger partial charge in [0.2, 0.25) is 0 Å². The van der Waals surface area contributed by atoms with Gasteiger partial charge in [-0.1, -0.05) is 13.8 Å². The minimum Gasteiger partial charge on any atom is -0.365 e. The van der Waals surface area contributed by atoms with Gasteiger partial charge in [-0.05, 0) is 13.3 Å². The predicted octanol–water partition coefficient (Wildman–Crippen LogP) is 1.54. The van der Waals surface area contributed by atoms with Gasteiger partial charge in [0.15, 0.2) is 0 Å². The summed E-state index contributed by atoms with van der Waals surface area (Å²) in [7, 11) is 1.93. The number of hydrazine groups is 1. The van der Waals surface area contributed by atoms with Crippen LogP contribution in [0.15, 0.2) is 6.20 Å². The number of hydrogen-bond acceptors (Lipinski definition) is 6. The van der Waals surface area contributed by atoms with Crippen LogP contribution in [0, 0.1) is 6.92 Å². The summed E-state index contributed by atoms with van der Waals surface area (Å²) < 4.78 is 1.84. The Balaban J connectivity index is 2.22. The Kier molecular flexibility index (Phi) is 4.74. The maximum Gasteiger partial charge on any atom is 0.148 e. The Morgan fingerprint density at radius 3 is 2.52 bits per heavy atom. The molecule has 21 heavy (non-hydrogen) atoms. The van der Waals surface area contributed by atoms with Crippen LogP contribution in [0.3, 0.4) is 0 Å². The fourth-order valence-electron chi connectivity index (χ4n) is 2.24. The lowest BCUT2D eigenvalue weighted by Crippen LogP contribution is -2.15. The highest BCUT2D eigenvalue weighted by molar-refractivity contribution is 5.56. The molecule has 0 atom stereocenters. The zero-order valence-corrected chi connectivity index (χ0v) is 13.1. The van der Waals surface area contributed by atoms with Gasteiger partial charge in [-0.15, -0.1) is 0 Å². The van der Waals surface area contributed by atoms with E-state index >= 15 is 0 Å². The molecule has 0 fully saturated rings. The van der Waals surface area contributed by atoms with Gasteiger partial charge in [-0.3, -0.25) is 4.68 Å². The van der Waals surface area contributed by atoms with Gasteiger partial charge in [-0.25, -0.2) is 15.8 Å². The molecule has 2 rings (SSSR count). The van der Waals surface area contributed by atoms with Crippen LogP contribution in [0.4, 0.5) is 11.6 Å². The summed E-state index contributed by atoms with van der Waals surface area (Å²) in [6.45, 7) is 6.75. The minimum absolute atomic E-state index is 0.659. The molecule has 0 aromatic carbocycles. The van der Waals surface area contributed by atoms with Crippen molar-refractivity contribution in [2.45, 2.75) is 40.2 Å². The van der Waals surface area contributed by atoms with E-state index in [1.165, 1.54) is 5.56 Å². The van der Waals surface area contributed by atoms with Gasteiger partial charge in [-0.2, -0.15) is 5.10 Å². The van der Waals surface area contributed by atoms with E-state index in [1.54, 1.807) is 0 Å². The normalized spacial score (nSPS) is 10.7. The van der Waals surface area contributed by atoms with E-state index in [0.29, 0.717) is 12.4 Å². The summed E-state index contributed by atoms with van der Waals surface area (Å²) in [6.07, 6.45) is 3.71. The molecule has 2 aromatic rings. The highest BCUT2D eigenvalue weighted by Gasteiger charge is 2.11. The maximum absolute atomic E-state index is 5.52. The molecular formula is C14H23N7. The summed E-state index contributed by atoms with van der Waals surface area (Å²) in [5, 5.41) is 7.81. The van der Waals surface area contributed by atoms with E-state index in [-0.39, 0.29) is 0 Å². The molecule has 7 heteroatoms. The van der Waals surface area contributed by atoms with Crippen LogP contribution in [0.2, 0.25) is 0 Å². The Hall–Kier alpha value is -2.15. The largest absolute Gasteiger partial charge is 0.365 e. The predicted molar refractivity (Wildman–Crippen MR) is 83.9 cm³/mol. The molecule has 0 radical (unpaired) electrons. The monoisotopic (exact) mass is 289 g/mol. The molecular weight excluding hydrogens is 266 g/mol. The molecule has 0 aliphatic heterocycles. The number of aromatic nitrogens is 4. The van der Waals surface area contributed by atoms with E-state index in [4.69, 9.17) is 5.84 Å². The topological polar surface area (TPSA) is 93.7 Å². The molecule has 4 N–H and O–H groups in total. The molecule has 0 aliphatic carbocycles. The summed E-state index contributed by atoms with van der Waals surface area (Å²) in [6, 6.07) is 0. The van der Waals surface area contributed by atoms with Crippen LogP contribution in [0.5, 0.6) is 0 Å². The standard InChI is InChI=1S/C14H23N7/c1-5-11-10(8-21(4)20-11)7-16-13-9(3)14(19-15)18-12(6-2)17-13/h8H,5-7,15H2,1-4H3,(H2,16,17,18,19). The molecule has 2 heterocycles. The third-order valence-corrected chi connectivity index (χ3v) is 3.42. The number of aryl methyl sites for hydroxylation is 3. The number of nitrogen functional groups attached to an aromatic ring is 1. The Morgan fingerprint density at radius 1 is 1.19 bits per heavy atom. The zero-order chi connectivity index (χ0) is 15.4. The number of hydrogen-bond donors (Lipinski definition) is 3. The average Bonchev–Trinajstić information content (AvgIpc) is 2.86.